The summed E-state index contributed by atoms with van der Waals surface area (Å²) in [6, 6.07) is 9.39. The fraction of sp³-hybridized carbons (Fsp3) is 0.458. The number of carbonyl (C=O) groups excluding carboxylic acids is 3. The van der Waals surface area contributed by atoms with Crippen LogP contribution in [-0.4, -0.2) is 79.6 Å². The van der Waals surface area contributed by atoms with Crippen molar-refractivity contribution in [1.82, 2.24) is 15.1 Å². The molecule has 0 spiro atoms. The number of hydrogen-bond acceptors (Lipinski definition) is 6. The number of nitrogens with one attached hydrogen (secondary N) is 1. The molecule has 0 bridgehead atoms. The van der Waals surface area contributed by atoms with Gasteiger partial charge in [-0.1, -0.05) is 12.1 Å². The topological polar surface area (TPSA) is 82.2 Å². The first-order chi connectivity index (χ1) is 15.2. The minimum absolute atomic E-state index is 0.254. The van der Waals surface area contributed by atoms with E-state index in [9.17, 15) is 14.4 Å². The summed E-state index contributed by atoms with van der Waals surface area (Å²) in [6.45, 7) is 8.85. The van der Waals surface area contributed by atoms with Crippen LogP contribution < -0.4 is 10.2 Å². The van der Waals surface area contributed by atoms with Crippen molar-refractivity contribution in [1.29, 1.82) is 0 Å². The Bertz CT molecular complexity index is 1050. The Labute approximate surface area is 188 Å². The molecule has 3 amide bonds. The van der Waals surface area contributed by atoms with Crippen LogP contribution in [0.15, 0.2) is 30.3 Å². The molecule has 0 saturated carbocycles. The lowest BCUT2D eigenvalue weighted by Gasteiger charge is -2.37. The predicted molar refractivity (Wildman–Crippen MR) is 123 cm³/mol. The zero-order valence-corrected chi connectivity index (χ0v) is 19.1. The second-order valence-corrected chi connectivity index (χ2v) is 9.18. The van der Waals surface area contributed by atoms with Gasteiger partial charge in [0.2, 0.25) is 0 Å². The summed E-state index contributed by atoms with van der Waals surface area (Å²) in [4.78, 5) is 43.7. The molecule has 32 heavy (non-hydrogen) atoms. The van der Waals surface area contributed by atoms with E-state index in [2.05, 4.69) is 10.2 Å². The van der Waals surface area contributed by atoms with Gasteiger partial charge in [0.1, 0.15) is 5.60 Å². The van der Waals surface area contributed by atoms with Gasteiger partial charge in [-0.25, -0.2) is 4.79 Å². The van der Waals surface area contributed by atoms with Crippen LogP contribution in [0, 0.1) is 0 Å². The van der Waals surface area contributed by atoms with E-state index in [0.29, 0.717) is 50.4 Å². The fourth-order valence-corrected chi connectivity index (χ4v) is 4.29. The molecule has 2 aromatic rings. The quantitative estimate of drug-likeness (QED) is 0.740. The Balaban J connectivity index is 1.60. The Morgan fingerprint density at radius 3 is 2.28 bits per heavy atom. The van der Waals surface area contributed by atoms with Crippen LogP contribution >= 0.6 is 0 Å². The Morgan fingerprint density at radius 1 is 1.00 bits per heavy atom. The first-order valence-corrected chi connectivity index (χ1v) is 11.0. The number of ether oxygens (including phenoxy) is 1. The average Bonchev–Trinajstić information content (AvgIpc) is 2.76. The highest BCUT2D eigenvalue weighted by molar-refractivity contribution is 6.26. The molecule has 170 valence electrons. The standard InChI is InChI=1S/C24H30N4O4/c1-24(2,3)32-23(31)27-14-12-26(13-15-27)19-9-8-18-20-16(19)6-5-7-17(20)21(29)28(22(18)30)11-10-25-4/h5-9,25H,10-15H2,1-4H3. The molecule has 2 aliphatic heterocycles. The monoisotopic (exact) mass is 438 g/mol. The van der Waals surface area contributed by atoms with Crippen molar-refractivity contribution in [2.75, 3.05) is 51.2 Å². The highest BCUT2D eigenvalue weighted by atomic mass is 16.6. The molecule has 2 aromatic carbocycles. The number of amides is 3. The van der Waals surface area contributed by atoms with Gasteiger partial charge in [0.15, 0.2) is 0 Å². The van der Waals surface area contributed by atoms with E-state index in [-0.39, 0.29) is 17.9 Å². The van der Waals surface area contributed by atoms with Gasteiger partial charge < -0.3 is 19.9 Å². The molecular formula is C24H30N4O4. The summed E-state index contributed by atoms with van der Waals surface area (Å²) in [6.07, 6.45) is -0.299. The summed E-state index contributed by atoms with van der Waals surface area (Å²) < 4.78 is 5.49. The number of benzene rings is 2. The van der Waals surface area contributed by atoms with Crippen molar-refractivity contribution in [2.24, 2.45) is 0 Å². The van der Waals surface area contributed by atoms with Gasteiger partial charge in [0.05, 0.1) is 0 Å². The summed E-state index contributed by atoms with van der Waals surface area (Å²) >= 11 is 0. The van der Waals surface area contributed by atoms with Crippen molar-refractivity contribution >= 4 is 34.4 Å². The number of carbonyl (C=O) groups is 3. The maximum absolute atomic E-state index is 13.0. The second-order valence-electron chi connectivity index (χ2n) is 9.18. The van der Waals surface area contributed by atoms with Gasteiger partial charge in [0.25, 0.3) is 11.8 Å². The van der Waals surface area contributed by atoms with Crippen molar-refractivity contribution in [3.8, 4) is 0 Å². The Morgan fingerprint density at radius 2 is 1.66 bits per heavy atom. The third-order valence-corrected chi connectivity index (χ3v) is 5.83. The van der Waals surface area contributed by atoms with Gasteiger partial charge in [-0.3, -0.25) is 14.5 Å². The van der Waals surface area contributed by atoms with Gasteiger partial charge in [-0.05, 0) is 46.0 Å². The molecule has 1 fully saturated rings. The number of hydrogen-bond donors (Lipinski definition) is 1. The van der Waals surface area contributed by atoms with Crippen LogP contribution in [0.25, 0.3) is 10.8 Å². The van der Waals surface area contributed by atoms with Crippen LogP contribution in [-0.2, 0) is 4.74 Å². The zero-order valence-electron chi connectivity index (χ0n) is 19.1. The van der Waals surface area contributed by atoms with Crippen LogP contribution in [0.5, 0.6) is 0 Å². The van der Waals surface area contributed by atoms with Crippen LogP contribution in [0.4, 0.5) is 10.5 Å². The van der Waals surface area contributed by atoms with Crippen LogP contribution in [0.3, 0.4) is 0 Å². The number of rotatable bonds is 4. The second kappa shape index (κ2) is 8.43. The van der Waals surface area contributed by atoms with Gasteiger partial charge in [-0.2, -0.15) is 0 Å². The summed E-state index contributed by atoms with van der Waals surface area (Å²) in [7, 11) is 1.79. The molecule has 2 aliphatic rings. The molecule has 0 aliphatic carbocycles. The third-order valence-electron chi connectivity index (χ3n) is 5.83. The van der Waals surface area contributed by atoms with Crippen molar-refractivity contribution in [3.63, 3.8) is 0 Å². The molecule has 0 radical (unpaired) electrons. The summed E-state index contributed by atoms with van der Waals surface area (Å²) in [5.74, 6) is -0.509. The Hall–Kier alpha value is -3.13. The van der Waals surface area contributed by atoms with Crippen molar-refractivity contribution in [2.45, 2.75) is 26.4 Å². The lowest BCUT2D eigenvalue weighted by atomic mass is 9.92. The number of imide groups is 1. The molecule has 1 saturated heterocycles. The summed E-state index contributed by atoms with van der Waals surface area (Å²) in [5, 5.41) is 4.60. The predicted octanol–water partition coefficient (Wildman–Crippen LogP) is 2.71. The maximum atomic E-state index is 13.0. The van der Waals surface area contributed by atoms with Crippen LogP contribution in [0.1, 0.15) is 41.5 Å². The minimum Gasteiger partial charge on any atom is -0.444 e. The first kappa shape index (κ1) is 22.1. The van der Waals surface area contributed by atoms with E-state index in [0.717, 1.165) is 16.5 Å². The smallest absolute Gasteiger partial charge is 0.410 e. The van der Waals surface area contributed by atoms with E-state index in [4.69, 9.17) is 4.74 Å². The zero-order chi connectivity index (χ0) is 23.0. The Kier molecular flexibility index (Phi) is 5.81. The van der Waals surface area contributed by atoms with Crippen LogP contribution in [0.2, 0.25) is 0 Å². The van der Waals surface area contributed by atoms with Crippen molar-refractivity contribution in [3.05, 3.63) is 41.5 Å². The summed E-state index contributed by atoms with van der Waals surface area (Å²) in [5.41, 5.74) is 1.56. The lowest BCUT2D eigenvalue weighted by molar-refractivity contribution is 0.0240. The molecule has 1 N–H and O–H groups in total. The molecule has 2 heterocycles. The normalized spacial score (nSPS) is 16.7. The molecule has 0 unspecified atom stereocenters. The number of anilines is 1. The molecule has 8 nitrogen and oxygen atoms in total. The molecule has 4 rings (SSSR count). The molecule has 0 aromatic heterocycles. The van der Waals surface area contributed by atoms with E-state index in [1.54, 1.807) is 18.0 Å². The van der Waals surface area contributed by atoms with Crippen molar-refractivity contribution < 1.29 is 19.1 Å². The van der Waals surface area contributed by atoms with Gasteiger partial charge in [0, 0.05) is 66.9 Å². The van der Waals surface area contributed by atoms with Gasteiger partial charge in [-0.15, -0.1) is 0 Å². The number of piperazine rings is 1. The van der Waals surface area contributed by atoms with E-state index >= 15 is 0 Å². The number of nitrogens with zero attached hydrogens (tertiary/aromatic N) is 3. The molecule has 0 atom stereocenters. The highest BCUT2D eigenvalue weighted by Crippen LogP contribution is 2.36. The van der Waals surface area contributed by atoms with E-state index in [1.807, 2.05) is 45.0 Å². The average molecular weight is 439 g/mol. The molecule has 8 heteroatoms. The fourth-order valence-electron chi connectivity index (χ4n) is 4.29. The van der Waals surface area contributed by atoms with E-state index < -0.39 is 5.60 Å². The molecular weight excluding hydrogens is 408 g/mol. The van der Waals surface area contributed by atoms with Gasteiger partial charge >= 0.3 is 6.09 Å². The largest absolute Gasteiger partial charge is 0.444 e. The highest BCUT2D eigenvalue weighted by Gasteiger charge is 2.34. The maximum Gasteiger partial charge on any atom is 0.410 e. The number of likely N-dealkylation sites (N-methyl/N-ethyl adjacent to an activating group) is 1. The minimum atomic E-state index is -0.523. The third kappa shape index (κ3) is 4.02. The SMILES string of the molecule is CNCCN1C(=O)c2cccc3c(N4CCN(C(=O)OC(C)(C)C)CC4)ccc(c23)C1=O. The lowest BCUT2D eigenvalue weighted by Crippen LogP contribution is -2.50. The first-order valence-electron chi connectivity index (χ1n) is 11.0. The van der Waals surface area contributed by atoms with E-state index in [1.165, 1.54) is 4.90 Å².